The summed E-state index contributed by atoms with van der Waals surface area (Å²) in [6, 6.07) is -1.19. The molecule has 0 radical (unpaired) electrons. The van der Waals surface area contributed by atoms with Crippen LogP contribution in [-0.2, 0) is 29.0 Å². The van der Waals surface area contributed by atoms with Crippen molar-refractivity contribution in [3.63, 3.8) is 0 Å². The number of amides is 2. The van der Waals surface area contributed by atoms with Gasteiger partial charge in [-0.3, -0.25) is 4.79 Å². The molecule has 28 heavy (non-hydrogen) atoms. The Bertz CT molecular complexity index is 722. The summed E-state index contributed by atoms with van der Waals surface area (Å²) in [7, 11) is -3.07. The highest BCUT2D eigenvalue weighted by Crippen LogP contribution is 2.28. The Kier molecular flexibility index (Phi) is 8.86. The molecule has 0 unspecified atom stereocenters. The van der Waals surface area contributed by atoms with Gasteiger partial charge in [-0.15, -0.1) is 5.01 Å². The normalized spacial score (nSPS) is 18.8. The third kappa shape index (κ3) is 5.92. The van der Waals surface area contributed by atoms with Gasteiger partial charge in [-0.05, 0) is 12.8 Å². The summed E-state index contributed by atoms with van der Waals surface area (Å²) in [5, 5.41) is 0.207. The number of hydrogen-bond acceptors (Lipinski definition) is 8. The number of allylic oxidation sites excluding steroid dienone is 1. The molecule has 0 aromatic rings. The van der Waals surface area contributed by atoms with Crippen LogP contribution in [0.25, 0.3) is 0 Å². The Balaban J connectivity index is 3.45. The zero-order valence-electron chi connectivity index (χ0n) is 15.8. The molecule has 1 rings (SSSR count). The third-order valence-corrected chi connectivity index (χ3v) is 4.77. The first-order valence-electron chi connectivity index (χ1n) is 8.28. The topological polar surface area (TPSA) is 120 Å². The van der Waals surface area contributed by atoms with E-state index in [4.69, 9.17) is 14.2 Å². The zero-order valence-corrected chi connectivity index (χ0v) is 16.6. The largest absolute Gasteiger partial charge is 0.469 e. The van der Waals surface area contributed by atoms with Gasteiger partial charge >= 0.3 is 18.2 Å². The van der Waals surface area contributed by atoms with Crippen molar-refractivity contribution in [2.75, 3.05) is 26.6 Å². The van der Waals surface area contributed by atoms with Crippen LogP contribution in [0, 0.1) is 5.92 Å². The number of carbonyl (C=O) groups is 3. The summed E-state index contributed by atoms with van der Waals surface area (Å²) in [4.78, 5) is 37.1. The average molecular weight is 416 g/mol. The van der Waals surface area contributed by atoms with Crippen LogP contribution in [0.5, 0.6) is 0 Å². The molecule has 0 fully saturated rings. The molecule has 2 atom stereocenters. The second-order valence-corrected chi connectivity index (χ2v) is 7.54. The summed E-state index contributed by atoms with van der Waals surface area (Å²) in [5.74, 6) is -1.62. The minimum absolute atomic E-state index is 0.207. The highest BCUT2D eigenvalue weighted by atomic mass is 32.2. The van der Waals surface area contributed by atoms with Gasteiger partial charge in [-0.2, -0.15) is 0 Å². The molecule has 0 aliphatic heterocycles. The van der Waals surface area contributed by atoms with Crippen molar-refractivity contribution in [2.24, 2.45) is 5.92 Å². The highest BCUT2D eigenvalue weighted by molar-refractivity contribution is 7.88. The van der Waals surface area contributed by atoms with E-state index in [1.165, 1.54) is 18.2 Å². The lowest BCUT2D eigenvalue weighted by atomic mass is 9.90. The molecule has 2 amide bonds. The van der Waals surface area contributed by atoms with E-state index in [1.807, 2.05) is 0 Å². The number of sulfonamides is 1. The number of rotatable bonds is 8. The summed E-state index contributed by atoms with van der Waals surface area (Å²) in [6.07, 6.45) is 4.49. The highest BCUT2D eigenvalue weighted by Gasteiger charge is 2.46. The molecule has 0 aromatic heterocycles. The van der Waals surface area contributed by atoms with Gasteiger partial charge in [0, 0.05) is 0 Å². The Morgan fingerprint density at radius 1 is 1.14 bits per heavy atom. The van der Waals surface area contributed by atoms with E-state index in [1.54, 1.807) is 6.08 Å². The molecule has 0 spiro atoms. The maximum Gasteiger partial charge on any atom is 0.435 e. The summed E-state index contributed by atoms with van der Waals surface area (Å²) >= 11 is 0. The van der Waals surface area contributed by atoms with Crippen molar-refractivity contribution in [1.29, 1.82) is 0 Å². The van der Waals surface area contributed by atoms with Crippen molar-refractivity contribution in [1.82, 2.24) is 9.42 Å². The number of carbonyl (C=O) groups excluding carboxylic acids is 3. The van der Waals surface area contributed by atoms with Crippen LogP contribution in [-0.4, -0.2) is 68.6 Å². The van der Waals surface area contributed by atoms with Crippen LogP contribution >= 0.6 is 0 Å². The van der Waals surface area contributed by atoms with Gasteiger partial charge in [0.05, 0.1) is 25.3 Å². The lowest BCUT2D eigenvalue weighted by molar-refractivity contribution is -0.148. The monoisotopic (exact) mass is 416 g/mol. The SMILES string of the molecule is C=CCOC(=O)N(C(=O)OCC=C)N([C@@H]1C=CCC[C@H]1C(=O)OC)S(C)(=O)=O. The average Bonchev–Trinajstić information content (AvgIpc) is 2.66. The van der Waals surface area contributed by atoms with Crippen molar-refractivity contribution in [3.8, 4) is 0 Å². The maximum atomic E-state index is 12.5. The molecule has 0 N–H and O–H groups in total. The summed E-state index contributed by atoms with van der Waals surface area (Å²) in [6.45, 7) is 6.22. The number of nitrogens with zero attached hydrogens (tertiary/aromatic N) is 2. The first-order chi connectivity index (χ1) is 13.2. The van der Waals surface area contributed by atoms with Crippen LogP contribution in [0.2, 0.25) is 0 Å². The Morgan fingerprint density at radius 2 is 1.68 bits per heavy atom. The molecule has 10 nitrogen and oxygen atoms in total. The maximum absolute atomic E-state index is 12.5. The molecule has 0 bridgehead atoms. The predicted molar refractivity (Wildman–Crippen MR) is 99.3 cm³/mol. The van der Waals surface area contributed by atoms with Crippen molar-refractivity contribution in [2.45, 2.75) is 18.9 Å². The van der Waals surface area contributed by atoms with Gasteiger partial charge in [-0.25, -0.2) is 18.0 Å². The van der Waals surface area contributed by atoms with Gasteiger partial charge in [-0.1, -0.05) is 41.9 Å². The molecule has 1 aliphatic carbocycles. The van der Waals surface area contributed by atoms with Crippen LogP contribution in [0.3, 0.4) is 0 Å². The van der Waals surface area contributed by atoms with Gasteiger partial charge in [0.1, 0.15) is 13.2 Å². The van der Waals surface area contributed by atoms with Crippen molar-refractivity contribution in [3.05, 3.63) is 37.5 Å². The Labute approximate surface area is 164 Å². The number of hydrogen-bond donors (Lipinski definition) is 0. The number of imide groups is 1. The van der Waals surface area contributed by atoms with Crippen molar-refractivity contribution < 1.29 is 37.0 Å². The fraction of sp³-hybridized carbons (Fsp3) is 0.471. The Hall–Kier alpha value is -2.66. The summed E-state index contributed by atoms with van der Waals surface area (Å²) < 4.78 is 39.9. The Morgan fingerprint density at radius 3 is 2.11 bits per heavy atom. The van der Waals surface area contributed by atoms with E-state index in [-0.39, 0.29) is 24.6 Å². The van der Waals surface area contributed by atoms with Crippen LogP contribution < -0.4 is 0 Å². The first-order valence-corrected chi connectivity index (χ1v) is 10.1. The smallest absolute Gasteiger partial charge is 0.435 e. The van der Waals surface area contributed by atoms with Gasteiger partial charge in [0.2, 0.25) is 10.0 Å². The molecular formula is C17H24N2O8S. The second-order valence-electron chi connectivity index (χ2n) is 5.70. The van der Waals surface area contributed by atoms with E-state index in [0.29, 0.717) is 10.8 Å². The molecule has 0 aromatic carbocycles. The number of methoxy groups -OCH3 is 1. The standard InChI is InChI=1S/C17H24N2O8S/c1-5-11-26-16(21)18(17(22)27-12-6-2)19(28(4,23)24)14-10-8-7-9-13(14)15(20)25-3/h5-6,8,10,13-14H,1-2,7,9,11-12H2,3-4H3/t13-,14-/m1/s1. The van der Waals surface area contributed by atoms with Gasteiger partial charge in [0.15, 0.2) is 0 Å². The number of ether oxygens (including phenoxy) is 3. The van der Waals surface area contributed by atoms with Gasteiger partial charge in [0.25, 0.3) is 0 Å². The van der Waals surface area contributed by atoms with Crippen LogP contribution in [0.15, 0.2) is 37.5 Å². The fourth-order valence-electron chi connectivity index (χ4n) is 2.57. The van der Waals surface area contributed by atoms with E-state index in [0.717, 1.165) is 13.4 Å². The molecule has 0 saturated carbocycles. The van der Waals surface area contributed by atoms with Crippen LogP contribution in [0.1, 0.15) is 12.8 Å². The molecule has 1 aliphatic rings. The van der Waals surface area contributed by atoms with E-state index in [9.17, 15) is 22.8 Å². The van der Waals surface area contributed by atoms with Gasteiger partial charge < -0.3 is 14.2 Å². The molecular weight excluding hydrogens is 392 g/mol. The number of hydrazine groups is 1. The lowest BCUT2D eigenvalue weighted by Gasteiger charge is -2.38. The zero-order chi connectivity index (χ0) is 21.3. The molecule has 11 heteroatoms. The quantitative estimate of drug-likeness (QED) is 0.253. The van der Waals surface area contributed by atoms with E-state index < -0.39 is 40.1 Å². The molecule has 156 valence electrons. The lowest BCUT2D eigenvalue weighted by Crippen LogP contribution is -2.59. The molecule has 0 heterocycles. The van der Waals surface area contributed by atoms with Crippen molar-refractivity contribution >= 4 is 28.2 Å². The van der Waals surface area contributed by atoms with E-state index >= 15 is 0 Å². The third-order valence-electron chi connectivity index (χ3n) is 3.68. The molecule has 0 saturated heterocycles. The predicted octanol–water partition coefficient (Wildman–Crippen LogP) is 1.62. The fourth-order valence-corrected chi connectivity index (χ4v) is 3.66. The minimum Gasteiger partial charge on any atom is -0.469 e. The van der Waals surface area contributed by atoms with Crippen LogP contribution in [0.4, 0.5) is 9.59 Å². The van der Waals surface area contributed by atoms with E-state index in [2.05, 4.69) is 13.2 Å². The minimum atomic E-state index is -4.23. The summed E-state index contributed by atoms with van der Waals surface area (Å²) in [5.41, 5.74) is 0. The number of esters is 1. The first kappa shape index (κ1) is 23.4. The second kappa shape index (κ2) is 10.6.